The molecule has 1 saturated heterocycles. The van der Waals surface area contributed by atoms with Crippen molar-refractivity contribution in [3.63, 3.8) is 0 Å². The van der Waals surface area contributed by atoms with Crippen LogP contribution in [0.15, 0.2) is 0 Å². The van der Waals surface area contributed by atoms with Crippen LogP contribution in [-0.4, -0.2) is 44.9 Å². The number of aliphatic hydroxyl groups is 1. The molecule has 0 amide bonds. The summed E-state index contributed by atoms with van der Waals surface area (Å²) in [6.45, 7) is 1.01. The lowest BCUT2D eigenvalue weighted by Gasteiger charge is -2.31. The maximum Gasteiger partial charge on any atom is 0.277 e. The highest BCUT2D eigenvalue weighted by Gasteiger charge is 2.32. The summed E-state index contributed by atoms with van der Waals surface area (Å²) in [7, 11) is -3.46. The fraction of sp³-hybridized carbons (Fsp3) is 1.00. The highest BCUT2D eigenvalue weighted by Crippen LogP contribution is 2.21. The monoisotopic (exact) mass is 250 g/mol. The Morgan fingerprint density at radius 3 is 2.50 bits per heavy atom. The third kappa shape index (κ3) is 3.67. The van der Waals surface area contributed by atoms with Gasteiger partial charge in [-0.1, -0.05) is 0 Å². The molecule has 0 unspecified atom stereocenters. The van der Waals surface area contributed by atoms with E-state index in [1.165, 1.54) is 0 Å². The van der Waals surface area contributed by atoms with Crippen LogP contribution >= 0.6 is 0 Å². The van der Waals surface area contributed by atoms with E-state index in [0.717, 1.165) is 12.8 Å². The van der Waals surface area contributed by atoms with Gasteiger partial charge < -0.3 is 9.84 Å². The van der Waals surface area contributed by atoms with E-state index in [4.69, 9.17) is 4.74 Å². The lowest BCUT2D eigenvalue weighted by Crippen LogP contribution is -2.49. The molecule has 0 atom stereocenters. The van der Waals surface area contributed by atoms with Gasteiger partial charge in [-0.3, -0.25) is 0 Å². The molecular weight excluding hydrogens is 232 g/mol. The van der Waals surface area contributed by atoms with Crippen molar-refractivity contribution in [2.24, 2.45) is 0 Å². The van der Waals surface area contributed by atoms with Gasteiger partial charge in [0.2, 0.25) is 0 Å². The van der Waals surface area contributed by atoms with Crippen LogP contribution in [-0.2, 0) is 14.9 Å². The Hall–Kier alpha value is -0.210. The van der Waals surface area contributed by atoms with Crippen LogP contribution in [0.4, 0.5) is 0 Å². The van der Waals surface area contributed by atoms with Gasteiger partial charge in [0, 0.05) is 38.6 Å². The van der Waals surface area contributed by atoms with Gasteiger partial charge in [0.15, 0.2) is 0 Å². The first-order valence-corrected chi connectivity index (χ1v) is 7.05. The van der Waals surface area contributed by atoms with Gasteiger partial charge in [-0.05, 0) is 12.8 Å². The first-order chi connectivity index (χ1) is 7.49. The van der Waals surface area contributed by atoms with Gasteiger partial charge in [0.25, 0.3) is 10.2 Å². The average Bonchev–Trinajstić information content (AvgIpc) is 3.00. The molecule has 0 aromatic heterocycles. The third-order valence-corrected chi connectivity index (χ3v) is 4.08. The second-order valence-corrected chi connectivity index (χ2v) is 6.08. The van der Waals surface area contributed by atoms with Crippen LogP contribution in [0, 0.1) is 0 Å². The number of hydrogen-bond acceptors (Lipinski definition) is 4. The van der Waals surface area contributed by atoms with Gasteiger partial charge in [0.05, 0.1) is 5.60 Å². The molecule has 1 aliphatic heterocycles. The molecule has 94 valence electrons. The van der Waals surface area contributed by atoms with Crippen molar-refractivity contribution in [1.29, 1.82) is 0 Å². The molecule has 2 aliphatic rings. The lowest BCUT2D eigenvalue weighted by atomic mass is 9.95. The van der Waals surface area contributed by atoms with Crippen LogP contribution in [0.3, 0.4) is 0 Å². The molecule has 1 aliphatic carbocycles. The number of hydrogen-bond donors (Lipinski definition) is 3. The molecule has 2 fully saturated rings. The molecule has 0 spiro atoms. The van der Waals surface area contributed by atoms with Gasteiger partial charge >= 0.3 is 0 Å². The molecule has 0 radical (unpaired) electrons. The van der Waals surface area contributed by atoms with E-state index in [1.807, 2.05) is 0 Å². The van der Waals surface area contributed by atoms with E-state index in [2.05, 4.69) is 9.44 Å². The van der Waals surface area contributed by atoms with Crippen LogP contribution < -0.4 is 9.44 Å². The summed E-state index contributed by atoms with van der Waals surface area (Å²) in [5.74, 6) is 0. The highest BCUT2D eigenvalue weighted by atomic mass is 32.2. The van der Waals surface area contributed by atoms with Crippen LogP contribution in [0.5, 0.6) is 0 Å². The van der Waals surface area contributed by atoms with Gasteiger partial charge in [0.1, 0.15) is 0 Å². The molecular formula is C9H18N2O4S. The van der Waals surface area contributed by atoms with Crippen LogP contribution in [0.25, 0.3) is 0 Å². The fourth-order valence-electron chi connectivity index (χ4n) is 1.62. The zero-order valence-electron chi connectivity index (χ0n) is 9.11. The quantitative estimate of drug-likeness (QED) is 0.591. The smallest absolute Gasteiger partial charge is 0.277 e. The van der Waals surface area contributed by atoms with Crippen LogP contribution in [0.2, 0.25) is 0 Å². The molecule has 2 rings (SSSR count). The minimum absolute atomic E-state index is 0.0540. The largest absolute Gasteiger partial charge is 0.388 e. The molecule has 0 bridgehead atoms. The minimum atomic E-state index is -3.46. The normalized spacial score (nSPS) is 25.6. The summed E-state index contributed by atoms with van der Waals surface area (Å²) >= 11 is 0. The Balaban J connectivity index is 1.80. The molecule has 0 aromatic carbocycles. The second-order valence-electron chi connectivity index (χ2n) is 4.55. The summed E-state index contributed by atoms with van der Waals surface area (Å²) in [4.78, 5) is 0. The van der Waals surface area contributed by atoms with Crippen molar-refractivity contribution >= 4 is 10.2 Å². The maximum atomic E-state index is 11.5. The lowest BCUT2D eigenvalue weighted by molar-refractivity contribution is -0.0589. The Morgan fingerprint density at radius 2 is 1.94 bits per heavy atom. The van der Waals surface area contributed by atoms with E-state index in [-0.39, 0.29) is 12.6 Å². The molecule has 16 heavy (non-hydrogen) atoms. The van der Waals surface area contributed by atoms with E-state index in [9.17, 15) is 13.5 Å². The summed E-state index contributed by atoms with van der Waals surface area (Å²) in [5, 5.41) is 10.0. The number of ether oxygens (including phenoxy) is 1. The highest BCUT2D eigenvalue weighted by molar-refractivity contribution is 7.87. The molecule has 1 saturated carbocycles. The molecule has 6 nitrogen and oxygen atoms in total. The summed E-state index contributed by atoms with van der Waals surface area (Å²) < 4.78 is 33.0. The van der Waals surface area contributed by atoms with E-state index in [1.54, 1.807) is 0 Å². The predicted molar refractivity (Wildman–Crippen MR) is 58.1 cm³/mol. The van der Waals surface area contributed by atoms with Gasteiger partial charge in [-0.2, -0.15) is 17.9 Å². The van der Waals surface area contributed by atoms with Gasteiger partial charge in [-0.25, -0.2) is 0 Å². The minimum Gasteiger partial charge on any atom is -0.388 e. The zero-order chi connectivity index (χ0) is 11.6. The van der Waals surface area contributed by atoms with Crippen molar-refractivity contribution in [2.75, 3.05) is 19.8 Å². The van der Waals surface area contributed by atoms with Crippen molar-refractivity contribution < 1.29 is 18.3 Å². The van der Waals surface area contributed by atoms with E-state index >= 15 is 0 Å². The topological polar surface area (TPSA) is 87.7 Å². The molecule has 0 aromatic rings. The average molecular weight is 250 g/mol. The number of rotatable bonds is 5. The first-order valence-electron chi connectivity index (χ1n) is 5.56. The Labute approximate surface area is 95.6 Å². The standard InChI is InChI=1S/C9H18N2O4S/c12-9(3-5-15-6-4-9)7-10-16(13,14)11-8-1-2-8/h8,10-12H,1-7H2. The van der Waals surface area contributed by atoms with Crippen molar-refractivity contribution in [2.45, 2.75) is 37.3 Å². The third-order valence-electron chi connectivity index (χ3n) is 2.91. The molecule has 1 heterocycles. The Bertz CT molecular complexity index is 333. The Morgan fingerprint density at radius 1 is 1.31 bits per heavy atom. The van der Waals surface area contributed by atoms with Crippen LogP contribution in [0.1, 0.15) is 25.7 Å². The summed E-state index contributed by atoms with van der Waals surface area (Å²) in [6.07, 6.45) is 2.75. The molecule has 7 heteroatoms. The first kappa shape index (κ1) is 12.3. The van der Waals surface area contributed by atoms with Crippen molar-refractivity contribution in [1.82, 2.24) is 9.44 Å². The van der Waals surface area contributed by atoms with Gasteiger partial charge in [-0.15, -0.1) is 0 Å². The summed E-state index contributed by atoms with van der Waals surface area (Å²) in [6, 6.07) is 0.0850. The fourth-order valence-corrected chi connectivity index (χ4v) is 2.84. The maximum absolute atomic E-state index is 11.5. The Kier molecular flexibility index (Phi) is 3.50. The second kappa shape index (κ2) is 4.58. The zero-order valence-corrected chi connectivity index (χ0v) is 9.92. The van der Waals surface area contributed by atoms with Crippen molar-refractivity contribution in [3.8, 4) is 0 Å². The SMILES string of the molecule is O=S(=O)(NCC1(O)CCOCC1)NC1CC1. The molecule has 3 N–H and O–H groups in total. The number of nitrogens with one attached hydrogen (secondary N) is 2. The summed E-state index contributed by atoms with van der Waals surface area (Å²) in [5.41, 5.74) is -0.962. The van der Waals surface area contributed by atoms with E-state index in [0.29, 0.717) is 26.1 Å². The predicted octanol–water partition coefficient (Wildman–Crippen LogP) is -0.886. The van der Waals surface area contributed by atoms with Crippen molar-refractivity contribution in [3.05, 3.63) is 0 Å². The van der Waals surface area contributed by atoms with E-state index < -0.39 is 15.8 Å².